The Labute approximate surface area is 114 Å². The topological polar surface area (TPSA) is 53.0 Å². The summed E-state index contributed by atoms with van der Waals surface area (Å²) in [6.07, 6.45) is 0. The van der Waals surface area contributed by atoms with Crippen LogP contribution < -0.4 is 5.11 Å². The highest BCUT2D eigenvalue weighted by molar-refractivity contribution is 7.24. The molecule has 3 nitrogen and oxygen atoms in total. The Kier molecular flexibility index (Phi) is 2.68. The third-order valence-corrected chi connectivity index (χ3v) is 4.36. The van der Waals surface area contributed by atoms with E-state index in [4.69, 9.17) is 0 Å². The minimum absolute atomic E-state index is 0.210. The smallest absolute Gasteiger partial charge is 0.266 e. The molecule has 94 valence electrons. The van der Waals surface area contributed by atoms with Crippen molar-refractivity contribution in [1.82, 2.24) is 4.98 Å². The number of carboxylic acids is 1. The molecule has 0 bridgehead atoms. The number of aryl methyl sites for hydroxylation is 2. The zero-order valence-corrected chi connectivity index (χ0v) is 11.4. The predicted octanol–water partition coefficient (Wildman–Crippen LogP) is 2.71. The number of aromatic carboxylic acids is 1. The zero-order chi connectivity index (χ0) is 13.6. The van der Waals surface area contributed by atoms with Gasteiger partial charge < -0.3 is 9.90 Å². The normalized spacial score (nSPS) is 11.1. The van der Waals surface area contributed by atoms with Crippen molar-refractivity contribution in [2.75, 3.05) is 0 Å². The molecule has 0 atom stereocenters. The Bertz CT molecular complexity index is 827. The first kappa shape index (κ1) is 12.0. The quantitative estimate of drug-likeness (QED) is 0.504. The SMILES string of the molecule is Cc1cccc2[s+]c3c(C(=O)[O-])ccc(C)c3nc12. The number of fused-ring (bicyclic) bond motifs is 2. The number of rotatable bonds is 1. The largest absolute Gasteiger partial charge is 0.545 e. The first-order chi connectivity index (χ1) is 9.08. The zero-order valence-electron chi connectivity index (χ0n) is 10.6. The maximum Gasteiger partial charge on any atom is 0.266 e. The molecule has 2 aromatic carbocycles. The van der Waals surface area contributed by atoms with Crippen LogP contribution in [-0.2, 0) is 0 Å². The van der Waals surface area contributed by atoms with Gasteiger partial charge in [0.05, 0.1) is 11.5 Å². The van der Waals surface area contributed by atoms with Crippen molar-refractivity contribution >= 4 is 37.7 Å². The maximum absolute atomic E-state index is 11.2. The predicted molar refractivity (Wildman–Crippen MR) is 75.3 cm³/mol. The molecule has 0 amide bonds. The summed E-state index contributed by atoms with van der Waals surface area (Å²) in [5.41, 5.74) is 3.95. The molecule has 19 heavy (non-hydrogen) atoms. The first-order valence-electron chi connectivity index (χ1n) is 5.92. The first-order valence-corrected chi connectivity index (χ1v) is 6.73. The van der Waals surface area contributed by atoms with E-state index >= 15 is 0 Å². The van der Waals surface area contributed by atoms with Crippen LogP contribution in [0.15, 0.2) is 30.3 Å². The molecular weight excluding hydrogens is 258 g/mol. The second-order valence-corrected chi connectivity index (χ2v) is 5.58. The maximum atomic E-state index is 11.2. The Morgan fingerprint density at radius 2 is 1.84 bits per heavy atom. The van der Waals surface area contributed by atoms with Crippen molar-refractivity contribution in [3.8, 4) is 0 Å². The van der Waals surface area contributed by atoms with Crippen LogP contribution in [0.4, 0.5) is 0 Å². The molecule has 3 aromatic rings. The van der Waals surface area contributed by atoms with Gasteiger partial charge in [0.15, 0.2) is 0 Å². The lowest BCUT2D eigenvalue weighted by Gasteiger charge is -2.04. The van der Waals surface area contributed by atoms with Gasteiger partial charge in [-0.2, -0.15) is 0 Å². The summed E-state index contributed by atoms with van der Waals surface area (Å²) in [5.74, 6) is -1.16. The summed E-state index contributed by atoms with van der Waals surface area (Å²) in [7, 11) is 0. The van der Waals surface area contributed by atoms with Crippen LogP contribution in [0.5, 0.6) is 0 Å². The van der Waals surface area contributed by atoms with E-state index in [1.807, 2.05) is 32.0 Å². The highest BCUT2D eigenvalue weighted by Crippen LogP contribution is 2.31. The van der Waals surface area contributed by atoms with Gasteiger partial charge in [0.1, 0.15) is 11.0 Å². The second kappa shape index (κ2) is 4.24. The molecule has 4 heteroatoms. The fourth-order valence-corrected chi connectivity index (χ4v) is 3.39. The van der Waals surface area contributed by atoms with Gasteiger partial charge in [0, 0.05) is 6.07 Å². The molecule has 0 N–H and O–H groups in total. The van der Waals surface area contributed by atoms with E-state index in [1.165, 1.54) is 11.3 Å². The van der Waals surface area contributed by atoms with Crippen LogP contribution in [0.2, 0.25) is 0 Å². The number of hydrogen-bond acceptors (Lipinski definition) is 3. The number of carbonyl (C=O) groups excluding carboxylic acids is 1. The summed E-state index contributed by atoms with van der Waals surface area (Å²) in [6.45, 7) is 3.94. The van der Waals surface area contributed by atoms with Crippen molar-refractivity contribution in [3.05, 3.63) is 47.0 Å². The van der Waals surface area contributed by atoms with Gasteiger partial charge in [-0.1, -0.05) is 18.2 Å². The monoisotopic (exact) mass is 269 g/mol. The summed E-state index contributed by atoms with van der Waals surface area (Å²) in [5, 5.41) is 11.2. The Morgan fingerprint density at radius 1 is 1.11 bits per heavy atom. The molecule has 1 aromatic heterocycles. The summed E-state index contributed by atoms with van der Waals surface area (Å²) in [4.78, 5) is 15.8. The number of hydrogen-bond donors (Lipinski definition) is 0. The second-order valence-electron chi connectivity index (χ2n) is 4.53. The molecule has 0 aliphatic carbocycles. The lowest BCUT2D eigenvalue weighted by atomic mass is 10.1. The summed E-state index contributed by atoms with van der Waals surface area (Å²) in [6, 6.07) is 9.28. The minimum atomic E-state index is -1.16. The van der Waals surface area contributed by atoms with Gasteiger partial charge in [-0.3, -0.25) is 0 Å². The third-order valence-electron chi connectivity index (χ3n) is 3.19. The van der Waals surface area contributed by atoms with Crippen LogP contribution in [0.1, 0.15) is 21.5 Å². The molecule has 1 heterocycles. The average Bonchev–Trinajstić information content (AvgIpc) is 2.38. The number of para-hydroxylation sites is 1. The van der Waals surface area contributed by atoms with Gasteiger partial charge in [-0.25, -0.2) is 4.98 Å². The van der Waals surface area contributed by atoms with E-state index < -0.39 is 5.97 Å². The lowest BCUT2D eigenvalue weighted by Crippen LogP contribution is -2.22. The Hall–Kier alpha value is -2.07. The summed E-state index contributed by atoms with van der Waals surface area (Å²) < 4.78 is 1.67. The molecule has 0 saturated heterocycles. The van der Waals surface area contributed by atoms with Crippen LogP contribution in [0, 0.1) is 13.8 Å². The molecule has 0 spiro atoms. The van der Waals surface area contributed by atoms with E-state index in [2.05, 4.69) is 4.98 Å². The fraction of sp³-hybridized carbons (Fsp3) is 0.133. The van der Waals surface area contributed by atoms with Crippen molar-refractivity contribution in [2.24, 2.45) is 0 Å². The van der Waals surface area contributed by atoms with Crippen molar-refractivity contribution < 1.29 is 9.90 Å². The molecule has 3 rings (SSSR count). The van der Waals surface area contributed by atoms with Crippen LogP contribution in [0.3, 0.4) is 0 Å². The molecular formula is C15H11NO2S. The molecule has 0 fully saturated rings. The highest BCUT2D eigenvalue weighted by Gasteiger charge is 2.19. The van der Waals surface area contributed by atoms with Crippen LogP contribution in [-0.4, -0.2) is 11.0 Å². The Balaban J connectivity index is 2.53. The fourth-order valence-electron chi connectivity index (χ4n) is 2.15. The lowest BCUT2D eigenvalue weighted by molar-refractivity contribution is -0.254. The van der Waals surface area contributed by atoms with Crippen molar-refractivity contribution in [2.45, 2.75) is 13.8 Å². The standard InChI is InChI=1S/C15H11NO2S/c1-8-4-3-5-11-12(8)16-13-9(2)6-7-10(15(17)18)14(13)19-11/h3-7H,1-2H3. The molecule has 0 unspecified atom stereocenters. The number of benzene rings is 2. The summed E-state index contributed by atoms with van der Waals surface area (Å²) >= 11 is 1.45. The van der Waals surface area contributed by atoms with Crippen molar-refractivity contribution in [3.63, 3.8) is 0 Å². The van der Waals surface area contributed by atoms with Gasteiger partial charge in [-0.05, 0) is 31.0 Å². The molecule has 0 aliphatic rings. The number of carboxylic acid groups (broad SMARTS) is 1. The van der Waals surface area contributed by atoms with E-state index in [0.717, 1.165) is 26.9 Å². The van der Waals surface area contributed by atoms with E-state index in [9.17, 15) is 9.90 Å². The molecule has 0 radical (unpaired) electrons. The van der Waals surface area contributed by atoms with Crippen molar-refractivity contribution in [1.29, 1.82) is 0 Å². The van der Waals surface area contributed by atoms with E-state index in [-0.39, 0.29) is 5.56 Å². The highest BCUT2D eigenvalue weighted by atomic mass is 32.1. The van der Waals surface area contributed by atoms with E-state index in [1.54, 1.807) is 12.1 Å². The number of carbonyl (C=O) groups is 1. The molecule has 0 aliphatic heterocycles. The minimum Gasteiger partial charge on any atom is -0.545 e. The van der Waals surface area contributed by atoms with Gasteiger partial charge in [-0.15, -0.1) is 0 Å². The number of nitrogens with zero attached hydrogens (tertiary/aromatic N) is 1. The van der Waals surface area contributed by atoms with Gasteiger partial charge >= 0.3 is 0 Å². The Morgan fingerprint density at radius 3 is 2.58 bits per heavy atom. The van der Waals surface area contributed by atoms with Gasteiger partial charge in [0.2, 0.25) is 11.3 Å². The van der Waals surface area contributed by atoms with Crippen LogP contribution >= 0.6 is 11.3 Å². The van der Waals surface area contributed by atoms with E-state index in [0.29, 0.717) is 4.70 Å². The number of aromatic nitrogens is 1. The average molecular weight is 269 g/mol. The third kappa shape index (κ3) is 1.85. The van der Waals surface area contributed by atoms with Gasteiger partial charge in [0.25, 0.3) is 9.40 Å². The van der Waals surface area contributed by atoms with Crippen LogP contribution in [0.25, 0.3) is 20.4 Å². The molecule has 0 saturated carbocycles.